The number of hydrogen-bond donors (Lipinski definition) is 2. The predicted octanol–water partition coefficient (Wildman–Crippen LogP) is 2.60. The Bertz CT molecular complexity index is 402. The second-order valence-corrected chi connectivity index (χ2v) is 5.84. The molecule has 4 heteroatoms. The van der Waals surface area contributed by atoms with Crippen LogP contribution in [0.1, 0.15) is 23.2 Å². The van der Waals surface area contributed by atoms with Gasteiger partial charge in [-0.25, -0.2) is 0 Å². The van der Waals surface area contributed by atoms with Crippen LogP contribution in [0.15, 0.2) is 29.2 Å². The highest BCUT2D eigenvalue weighted by Gasteiger charge is 2.41. The molecule has 0 saturated heterocycles. The first kappa shape index (κ1) is 11.9. The Hall–Kier alpha value is -0.610. The standard InChI is InChI=1S/C12H15NOS2/c1-16-12(6-7-12)8-13-11(14)9-4-2-3-5-10(9)15/h2-5,15H,6-8H2,1H3,(H,13,14). The molecule has 1 aliphatic carbocycles. The summed E-state index contributed by atoms with van der Waals surface area (Å²) in [4.78, 5) is 12.6. The molecule has 1 amide bonds. The number of carbonyl (C=O) groups excluding carboxylic acids is 1. The fourth-order valence-electron chi connectivity index (χ4n) is 1.59. The molecule has 1 aromatic rings. The lowest BCUT2D eigenvalue weighted by Gasteiger charge is -2.13. The van der Waals surface area contributed by atoms with Crippen molar-refractivity contribution in [3.8, 4) is 0 Å². The van der Waals surface area contributed by atoms with Crippen LogP contribution in [0.5, 0.6) is 0 Å². The molecule has 0 radical (unpaired) electrons. The first-order valence-corrected chi connectivity index (χ1v) is 6.95. The van der Waals surface area contributed by atoms with Gasteiger partial charge in [0.25, 0.3) is 5.91 Å². The lowest BCUT2D eigenvalue weighted by atomic mass is 10.2. The summed E-state index contributed by atoms with van der Waals surface area (Å²) < 4.78 is 0.307. The van der Waals surface area contributed by atoms with Crippen LogP contribution in [-0.4, -0.2) is 23.5 Å². The molecule has 0 unspecified atom stereocenters. The fraction of sp³-hybridized carbons (Fsp3) is 0.417. The van der Waals surface area contributed by atoms with Gasteiger partial charge in [-0.1, -0.05) is 12.1 Å². The minimum Gasteiger partial charge on any atom is -0.351 e. The third kappa shape index (κ3) is 2.55. The Labute approximate surface area is 106 Å². The average molecular weight is 253 g/mol. The van der Waals surface area contributed by atoms with E-state index in [4.69, 9.17) is 0 Å². The maximum Gasteiger partial charge on any atom is 0.252 e. The Morgan fingerprint density at radius 3 is 2.75 bits per heavy atom. The van der Waals surface area contributed by atoms with Gasteiger partial charge in [0, 0.05) is 16.2 Å². The average Bonchev–Trinajstić information content (AvgIpc) is 3.07. The molecule has 16 heavy (non-hydrogen) atoms. The molecule has 1 N–H and O–H groups in total. The molecule has 0 atom stereocenters. The van der Waals surface area contributed by atoms with Crippen molar-refractivity contribution >= 4 is 30.3 Å². The number of carbonyl (C=O) groups is 1. The third-order valence-corrected chi connectivity index (χ3v) is 4.77. The topological polar surface area (TPSA) is 29.1 Å². The van der Waals surface area contributed by atoms with Gasteiger partial charge in [0.05, 0.1) is 5.56 Å². The zero-order chi connectivity index (χ0) is 11.6. The van der Waals surface area contributed by atoms with Gasteiger partial charge in [0.15, 0.2) is 0 Å². The molecule has 1 aromatic carbocycles. The molecule has 1 aliphatic rings. The van der Waals surface area contributed by atoms with Gasteiger partial charge in [-0.3, -0.25) is 4.79 Å². The molecule has 2 rings (SSSR count). The van der Waals surface area contributed by atoms with Gasteiger partial charge in [-0.15, -0.1) is 12.6 Å². The number of hydrogen-bond acceptors (Lipinski definition) is 3. The first-order valence-electron chi connectivity index (χ1n) is 5.28. The van der Waals surface area contributed by atoms with Crippen molar-refractivity contribution in [2.24, 2.45) is 0 Å². The van der Waals surface area contributed by atoms with E-state index >= 15 is 0 Å². The Morgan fingerprint density at radius 2 is 2.19 bits per heavy atom. The molecule has 1 saturated carbocycles. The Kier molecular flexibility index (Phi) is 3.50. The summed E-state index contributed by atoms with van der Waals surface area (Å²) in [7, 11) is 0. The van der Waals surface area contributed by atoms with Gasteiger partial charge >= 0.3 is 0 Å². The number of amides is 1. The van der Waals surface area contributed by atoms with E-state index in [1.54, 1.807) is 6.07 Å². The second-order valence-electron chi connectivity index (χ2n) is 4.09. The molecule has 0 aliphatic heterocycles. The Balaban J connectivity index is 1.96. The minimum atomic E-state index is -0.0223. The van der Waals surface area contributed by atoms with E-state index in [0.29, 0.717) is 10.3 Å². The fourth-order valence-corrected chi connectivity index (χ4v) is 2.58. The summed E-state index contributed by atoms with van der Waals surface area (Å²) in [6.45, 7) is 0.759. The molecular weight excluding hydrogens is 238 g/mol. The van der Waals surface area contributed by atoms with E-state index in [1.165, 1.54) is 12.8 Å². The van der Waals surface area contributed by atoms with Crippen LogP contribution in [0.4, 0.5) is 0 Å². The predicted molar refractivity (Wildman–Crippen MR) is 71.5 cm³/mol. The third-order valence-electron chi connectivity index (χ3n) is 2.96. The highest BCUT2D eigenvalue weighted by molar-refractivity contribution is 8.00. The summed E-state index contributed by atoms with van der Waals surface area (Å²) in [6.07, 6.45) is 4.51. The Morgan fingerprint density at radius 1 is 1.50 bits per heavy atom. The van der Waals surface area contributed by atoms with Crippen LogP contribution in [0, 0.1) is 0 Å². The van der Waals surface area contributed by atoms with Gasteiger partial charge in [0.2, 0.25) is 0 Å². The molecule has 2 nitrogen and oxygen atoms in total. The summed E-state index contributed by atoms with van der Waals surface area (Å²) in [6, 6.07) is 7.37. The summed E-state index contributed by atoms with van der Waals surface area (Å²) in [5.41, 5.74) is 0.655. The van der Waals surface area contributed by atoms with Crippen molar-refractivity contribution < 1.29 is 4.79 Å². The number of nitrogens with one attached hydrogen (secondary N) is 1. The smallest absolute Gasteiger partial charge is 0.252 e. The van der Waals surface area contributed by atoms with E-state index in [9.17, 15) is 4.79 Å². The highest BCUT2D eigenvalue weighted by atomic mass is 32.2. The molecular formula is C12H15NOS2. The summed E-state index contributed by atoms with van der Waals surface area (Å²) >= 11 is 6.12. The molecule has 86 valence electrons. The first-order chi connectivity index (χ1) is 7.67. The van der Waals surface area contributed by atoms with Crippen molar-refractivity contribution in [3.63, 3.8) is 0 Å². The van der Waals surface area contributed by atoms with E-state index in [1.807, 2.05) is 30.0 Å². The van der Waals surface area contributed by atoms with Crippen LogP contribution >= 0.6 is 24.4 Å². The zero-order valence-electron chi connectivity index (χ0n) is 9.19. The maximum atomic E-state index is 11.9. The van der Waals surface area contributed by atoms with Gasteiger partial charge in [-0.05, 0) is 31.2 Å². The van der Waals surface area contributed by atoms with Crippen LogP contribution in [0.2, 0.25) is 0 Å². The van der Waals surface area contributed by atoms with Crippen molar-refractivity contribution in [2.45, 2.75) is 22.5 Å². The number of rotatable bonds is 4. The van der Waals surface area contributed by atoms with Crippen LogP contribution in [0.3, 0.4) is 0 Å². The highest BCUT2D eigenvalue weighted by Crippen LogP contribution is 2.46. The van der Waals surface area contributed by atoms with Gasteiger partial charge in [0.1, 0.15) is 0 Å². The van der Waals surface area contributed by atoms with Gasteiger partial charge < -0.3 is 5.32 Å². The van der Waals surface area contributed by atoms with Crippen LogP contribution in [0.25, 0.3) is 0 Å². The molecule has 1 fully saturated rings. The van der Waals surface area contributed by atoms with Crippen molar-refractivity contribution in [2.75, 3.05) is 12.8 Å². The van der Waals surface area contributed by atoms with Crippen molar-refractivity contribution in [3.05, 3.63) is 29.8 Å². The number of thioether (sulfide) groups is 1. The monoisotopic (exact) mass is 253 g/mol. The molecule has 0 heterocycles. The second kappa shape index (κ2) is 4.72. The molecule has 0 bridgehead atoms. The lowest BCUT2D eigenvalue weighted by molar-refractivity contribution is 0.0950. The minimum absolute atomic E-state index is 0.0223. The van der Waals surface area contributed by atoms with E-state index in [-0.39, 0.29) is 5.91 Å². The SMILES string of the molecule is CSC1(CNC(=O)c2ccccc2S)CC1. The summed E-state index contributed by atoms with van der Waals surface area (Å²) in [5.74, 6) is -0.0223. The van der Waals surface area contributed by atoms with Crippen LogP contribution < -0.4 is 5.32 Å². The quantitative estimate of drug-likeness (QED) is 0.808. The van der Waals surface area contributed by atoms with E-state index in [2.05, 4.69) is 24.2 Å². The van der Waals surface area contributed by atoms with Gasteiger partial charge in [-0.2, -0.15) is 11.8 Å². The molecule has 0 spiro atoms. The van der Waals surface area contributed by atoms with E-state index < -0.39 is 0 Å². The normalized spacial score (nSPS) is 16.9. The van der Waals surface area contributed by atoms with Crippen molar-refractivity contribution in [1.29, 1.82) is 0 Å². The number of benzene rings is 1. The van der Waals surface area contributed by atoms with E-state index in [0.717, 1.165) is 11.4 Å². The number of thiol groups is 1. The zero-order valence-corrected chi connectivity index (χ0v) is 10.9. The van der Waals surface area contributed by atoms with Crippen molar-refractivity contribution in [1.82, 2.24) is 5.32 Å². The lowest BCUT2D eigenvalue weighted by Crippen LogP contribution is -2.31. The molecule has 0 aromatic heterocycles. The van der Waals surface area contributed by atoms with Crippen LogP contribution in [-0.2, 0) is 0 Å². The maximum absolute atomic E-state index is 11.9. The summed E-state index contributed by atoms with van der Waals surface area (Å²) in [5, 5.41) is 2.98. The largest absolute Gasteiger partial charge is 0.351 e.